The molecule has 0 saturated heterocycles. The molecule has 0 fully saturated rings. The summed E-state index contributed by atoms with van der Waals surface area (Å²) in [5.41, 5.74) is 0. The summed E-state index contributed by atoms with van der Waals surface area (Å²) in [7, 11) is 0. The van der Waals surface area contributed by atoms with Crippen molar-refractivity contribution < 1.29 is 5.11 Å². The van der Waals surface area contributed by atoms with Crippen LogP contribution in [0.4, 0.5) is 0 Å². The zero-order valence-electron chi connectivity index (χ0n) is 8.06. The largest absolute Gasteiger partial charge is 0.396 e. The molecule has 1 unspecified atom stereocenters. The molecule has 0 heterocycles. The summed E-state index contributed by atoms with van der Waals surface area (Å²) in [5, 5.41) is 8.56. The molecule has 1 nitrogen and oxygen atoms in total. The Bertz CT molecular complexity index is 85.9. The number of aliphatic hydroxyl groups is 1. The van der Waals surface area contributed by atoms with Gasteiger partial charge in [0.25, 0.3) is 0 Å². The average Bonchev–Trinajstić information content (AvgIpc) is 2.09. The van der Waals surface area contributed by atoms with Gasteiger partial charge in [-0.1, -0.05) is 26.2 Å². The van der Waals surface area contributed by atoms with Crippen molar-refractivity contribution in [3.05, 3.63) is 0 Å². The van der Waals surface area contributed by atoms with E-state index in [-0.39, 0.29) is 0 Å². The van der Waals surface area contributed by atoms with Gasteiger partial charge in [-0.2, -0.15) is 0 Å². The van der Waals surface area contributed by atoms with E-state index in [2.05, 4.69) is 6.92 Å². The molecule has 0 radical (unpaired) electrons. The lowest BCUT2D eigenvalue weighted by molar-refractivity contribution is 0.280. The number of hydrogen-bond donors (Lipinski definition) is 1. The van der Waals surface area contributed by atoms with Crippen LogP contribution in [-0.2, 0) is 0 Å². The van der Waals surface area contributed by atoms with E-state index in [1.165, 1.54) is 25.7 Å². The molecule has 0 amide bonds. The highest BCUT2D eigenvalue weighted by molar-refractivity contribution is 6.17. The molecule has 0 saturated carbocycles. The minimum absolute atomic E-state index is 0.343. The van der Waals surface area contributed by atoms with Crippen molar-refractivity contribution >= 4 is 11.6 Å². The summed E-state index contributed by atoms with van der Waals surface area (Å²) in [6.45, 7) is 2.63. The monoisotopic (exact) mass is 192 g/mol. The van der Waals surface area contributed by atoms with Gasteiger partial charge in [-0.25, -0.2) is 0 Å². The second-order valence-electron chi connectivity index (χ2n) is 3.51. The van der Waals surface area contributed by atoms with Crippen LogP contribution in [0.15, 0.2) is 0 Å². The first-order valence-corrected chi connectivity index (χ1v) is 5.51. The third kappa shape index (κ3) is 8.35. The number of alkyl halides is 1. The number of halogens is 1. The SMILES string of the molecule is CC(CCCCl)CCCCCO. The van der Waals surface area contributed by atoms with Crippen LogP contribution in [0.3, 0.4) is 0 Å². The highest BCUT2D eigenvalue weighted by Gasteiger charge is 2.00. The Kier molecular flexibility index (Phi) is 9.53. The number of aliphatic hydroxyl groups excluding tert-OH is 1. The minimum Gasteiger partial charge on any atom is -0.396 e. The molecule has 0 aromatic carbocycles. The van der Waals surface area contributed by atoms with Crippen molar-refractivity contribution in [3.63, 3.8) is 0 Å². The topological polar surface area (TPSA) is 20.2 Å². The van der Waals surface area contributed by atoms with Gasteiger partial charge in [0.05, 0.1) is 0 Å². The molecule has 1 N–H and O–H groups in total. The fraction of sp³-hybridized carbons (Fsp3) is 1.00. The fourth-order valence-electron chi connectivity index (χ4n) is 1.35. The zero-order valence-corrected chi connectivity index (χ0v) is 8.82. The van der Waals surface area contributed by atoms with Crippen LogP contribution >= 0.6 is 11.6 Å². The van der Waals surface area contributed by atoms with Gasteiger partial charge in [-0.3, -0.25) is 0 Å². The van der Waals surface area contributed by atoms with Gasteiger partial charge in [0.1, 0.15) is 0 Å². The molecule has 74 valence electrons. The summed E-state index contributed by atoms with van der Waals surface area (Å²) in [6, 6.07) is 0. The first kappa shape index (κ1) is 12.2. The summed E-state index contributed by atoms with van der Waals surface area (Å²) >= 11 is 5.60. The molecule has 0 spiro atoms. The maximum Gasteiger partial charge on any atom is 0.0431 e. The zero-order chi connectivity index (χ0) is 9.23. The van der Waals surface area contributed by atoms with Gasteiger partial charge >= 0.3 is 0 Å². The summed E-state index contributed by atoms with van der Waals surface area (Å²) < 4.78 is 0. The average molecular weight is 193 g/mol. The first-order chi connectivity index (χ1) is 5.81. The summed E-state index contributed by atoms with van der Waals surface area (Å²) in [4.78, 5) is 0. The van der Waals surface area contributed by atoms with Crippen molar-refractivity contribution in [2.75, 3.05) is 12.5 Å². The summed E-state index contributed by atoms with van der Waals surface area (Å²) in [5.74, 6) is 1.60. The molecular weight excluding hydrogens is 172 g/mol. The van der Waals surface area contributed by atoms with Crippen LogP contribution in [0.2, 0.25) is 0 Å². The van der Waals surface area contributed by atoms with Gasteiger partial charge in [0.2, 0.25) is 0 Å². The molecule has 0 aliphatic rings. The van der Waals surface area contributed by atoms with Gasteiger partial charge in [-0.15, -0.1) is 11.6 Å². The molecule has 0 aromatic heterocycles. The van der Waals surface area contributed by atoms with E-state index in [1.54, 1.807) is 0 Å². The van der Waals surface area contributed by atoms with Crippen molar-refractivity contribution in [2.24, 2.45) is 5.92 Å². The van der Waals surface area contributed by atoms with Crippen LogP contribution in [0.25, 0.3) is 0 Å². The second-order valence-corrected chi connectivity index (χ2v) is 3.89. The standard InChI is InChI=1S/C10H21ClO/c1-10(7-5-8-11)6-3-2-4-9-12/h10,12H,2-9H2,1H3. The van der Waals surface area contributed by atoms with Crippen LogP contribution in [-0.4, -0.2) is 17.6 Å². The van der Waals surface area contributed by atoms with Crippen molar-refractivity contribution in [1.82, 2.24) is 0 Å². The minimum atomic E-state index is 0.343. The smallest absolute Gasteiger partial charge is 0.0431 e. The summed E-state index contributed by atoms with van der Waals surface area (Å²) in [6.07, 6.45) is 7.07. The van der Waals surface area contributed by atoms with Gasteiger partial charge < -0.3 is 5.11 Å². The molecule has 0 rings (SSSR count). The first-order valence-electron chi connectivity index (χ1n) is 4.98. The Morgan fingerprint density at radius 3 is 2.33 bits per heavy atom. The van der Waals surface area contributed by atoms with Crippen molar-refractivity contribution in [3.8, 4) is 0 Å². The Morgan fingerprint density at radius 1 is 1.08 bits per heavy atom. The Hall–Kier alpha value is 0.250. The van der Waals surface area contributed by atoms with Gasteiger partial charge in [0.15, 0.2) is 0 Å². The lowest BCUT2D eigenvalue weighted by Gasteiger charge is -2.09. The Labute approximate surface area is 81.1 Å². The number of rotatable bonds is 8. The maximum absolute atomic E-state index is 8.56. The molecule has 12 heavy (non-hydrogen) atoms. The normalized spacial score (nSPS) is 13.2. The molecule has 0 aliphatic carbocycles. The molecule has 2 heteroatoms. The van der Waals surface area contributed by atoms with Gasteiger partial charge in [-0.05, 0) is 25.2 Å². The maximum atomic E-state index is 8.56. The van der Waals surface area contributed by atoms with E-state index >= 15 is 0 Å². The van der Waals surface area contributed by atoms with Crippen LogP contribution < -0.4 is 0 Å². The van der Waals surface area contributed by atoms with Crippen molar-refractivity contribution in [2.45, 2.75) is 45.4 Å². The van der Waals surface area contributed by atoms with Crippen molar-refractivity contribution in [1.29, 1.82) is 0 Å². The highest BCUT2D eigenvalue weighted by atomic mass is 35.5. The van der Waals surface area contributed by atoms with Crippen LogP contribution in [0.1, 0.15) is 45.4 Å². The third-order valence-corrected chi connectivity index (χ3v) is 2.45. The van der Waals surface area contributed by atoms with E-state index in [0.717, 1.165) is 24.6 Å². The van der Waals surface area contributed by atoms with E-state index in [0.29, 0.717) is 6.61 Å². The molecule has 0 aromatic rings. The third-order valence-electron chi connectivity index (χ3n) is 2.19. The molecule has 0 bridgehead atoms. The lowest BCUT2D eigenvalue weighted by atomic mass is 9.99. The number of unbranched alkanes of at least 4 members (excludes halogenated alkanes) is 2. The number of hydrogen-bond acceptors (Lipinski definition) is 1. The molecule has 1 atom stereocenters. The molecular formula is C10H21ClO. The highest BCUT2D eigenvalue weighted by Crippen LogP contribution is 2.14. The fourth-order valence-corrected chi connectivity index (χ4v) is 1.51. The van der Waals surface area contributed by atoms with E-state index in [9.17, 15) is 0 Å². The van der Waals surface area contributed by atoms with E-state index in [1.807, 2.05) is 0 Å². The Balaban J connectivity index is 3.02. The predicted octanol–water partition coefficient (Wildman–Crippen LogP) is 3.19. The quantitative estimate of drug-likeness (QED) is 0.463. The van der Waals surface area contributed by atoms with Crippen LogP contribution in [0.5, 0.6) is 0 Å². The van der Waals surface area contributed by atoms with E-state index in [4.69, 9.17) is 16.7 Å². The lowest BCUT2D eigenvalue weighted by Crippen LogP contribution is -1.95. The van der Waals surface area contributed by atoms with Crippen LogP contribution in [0, 0.1) is 5.92 Å². The Morgan fingerprint density at radius 2 is 1.75 bits per heavy atom. The second kappa shape index (κ2) is 9.34. The molecule has 0 aliphatic heterocycles. The van der Waals surface area contributed by atoms with E-state index < -0.39 is 0 Å². The predicted molar refractivity (Wildman–Crippen MR) is 54.7 cm³/mol. The van der Waals surface area contributed by atoms with Gasteiger partial charge in [0, 0.05) is 12.5 Å².